The molecule has 4 rings (SSSR count). The molecule has 3 aliphatic heterocycles. The first-order valence-electron chi connectivity index (χ1n) is 5.06. The number of rotatable bonds is 0. The van der Waals surface area contributed by atoms with Crippen molar-refractivity contribution < 1.29 is 0 Å². The Bertz CT molecular complexity index is 338. The third-order valence-corrected chi connectivity index (χ3v) is 3.26. The lowest BCUT2D eigenvalue weighted by Gasteiger charge is -2.41. The zero-order chi connectivity index (χ0) is 8.84. The van der Waals surface area contributed by atoms with Crippen LogP contribution in [0, 0.1) is 6.92 Å². The molecule has 0 aliphatic carbocycles. The standard InChI is InChI=1S/C11H14N2/c1-8-6-10-11(12-7-8)9-2-4-13(10)5-3-9/h6-7,9H,2-5H2,1H3. The topological polar surface area (TPSA) is 16.1 Å². The van der Waals surface area contributed by atoms with E-state index in [4.69, 9.17) is 0 Å². The highest BCUT2D eigenvalue weighted by molar-refractivity contribution is 5.57. The van der Waals surface area contributed by atoms with Gasteiger partial charge in [-0.15, -0.1) is 0 Å². The molecule has 0 saturated carbocycles. The fraction of sp³-hybridized carbons (Fsp3) is 0.545. The Morgan fingerprint density at radius 1 is 1.38 bits per heavy atom. The second kappa shape index (κ2) is 2.47. The molecule has 4 heterocycles. The molecule has 2 bridgehead atoms. The molecule has 0 radical (unpaired) electrons. The monoisotopic (exact) mass is 174 g/mol. The third kappa shape index (κ3) is 0.978. The molecule has 1 aromatic rings. The van der Waals surface area contributed by atoms with E-state index in [0.29, 0.717) is 0 Å². The Labute approximate surface area is 78.6 Å². The first kappa shape index (κ1) is 7.36. The second-order valence-corrected chi connectivity index (χ2v) is 4.18. The van der Waals surface area contributed by atoms with Gasteiger partial charge in [0, 0.05) is 25.2 Å². The van der Waals surface area contributed by atoms with Gasteiger partial charge in [-0.2, -0.15) is 0 Å². The van der Waals surface area contributed by atoms with Gasteiger partial charge in [-0.25, -0.2) is 0 Å². The van der Waals surface area contributed by atoms with Crippen LogP contribution in [0.15, 0.2) is 12.3 Å². The number of anilines is 1. The molecule has 1 saturated heterocycles. The van der Waals surface area contributed by atoms with Crippen LogP contribution in [0.2, 0.25) is 0 Å². The first-order chi connectivity index (χ1) is 6.34. The summed E-state index contributed by atoms with van der Waals surface area (Å²) in [6, 6.07) is 2.29. The maximum absolute atomic E-state index is 4.56. The van der Waals surface area contributed by atoms with Gasteiger partial charge in [0.2, 0.25) is 0 Å². The molecule has 0 aromatic carbocycles. The lowest BCUT2D eigenvalue weighted by atomic mass is 9.86. The molecular formula is C11H14N2. The average Bonchev–Trinajstić information content (AvgIpc) is 2.19. The maximum Gasteiger partial charge on any atom is 0.0669 e. The van der Waals surface area contributed by atoms with Gasteiger partial charge in [-0.3, -0.25) is 4.98 Å². The molecule has 1 aromatic heterocycles. The number of hydrogen-bond acceptors (Lipinski definition) is 2. The van der Waals surface area contributed by atoms with E-state index in [9.17, 15) is 0 Å². The van der Waals surface area contributed by atoms with Gasteiger partial charge in [0.25, 0.3) is 0 Å². The molecule has 0 spiro atoms. The van der Waals surface area contributed by atoms with Gasteiger partial charge in [0.05, 0.1) is 11.4 Å². The van der Waals surface area contributed by atoms with E-state index in [0.717, 1.165) is 5.92 Å². The molecular weight excluding hydrogens is 160 g/mol. The van der Waals surface area contributed by atoms with Crippen LogP contribution in [0.5, 0.6) is 0 Å². The number of piperidine rings is 1. The van der Waals surface area contributed by atoms with Crippen LogP contribution in [-0.2, 0) is 0 Å². The van der Waals surface area contributed by atoms with Gasteiger partial charge < -0.3 is 4.90 Å². The summed E-state index contributed by atoms with van der Waals surface area (Å²) in [5.74, 6) is 0.751. The van der Waals surface area contributed by atoms with Gasteiger partial charge >= 0.3 is 0 Å². The molecule has 0 amide bonds. The molecule has 1 fully saturated rings. The Morgan fingerprint density at radius 3 is 2.92 bits per heavy atom. The maximum atomic E-state index is 4.56. The number of fused-ring (bicyclic) bond motifs is 2. The zero-order valence-electron chi connectivity index (χ0n) is 7.95. The van der Waals surface area contributed by atoms with Crippen molar-refractivity contribution in [2.45, 2.75) is 25.7 Å². The van der Waals surface area contributed by atoms with Crippen molar-refractivity contribution in [2.24, 2.45) is 0 Å². The summed E-state index contributed by atoms with van der Waals surface area (Å²) < 4.78 is 0. The lowest BCUT2D eigenvalue weighted by molar-refractivity contribution is 0.463. The van der Waals surface area contributed by atoms with E-state index in [2.05, 4.69) is 22.9 Å². The van der Waals surface area contributed by atoms with Crippen molar-refractivity contribution in [3.8, 4) is 0 Å². The highest BCUT2D eigenvalue weighted by Gasteiger charge is 2.31. The van der Waals surface area contributed by atoms with E-state index in [-0.39, 0.29) is 0 Å². The minimum Gasteiger partial charge on any atom is -0.370 e. The van der Waals surface area contributed by atoms with Crippen LogP contribution >= 0.6 is 0 Å². The van der Waals surface area contributed by atoms with Crippen LogP contribution in [0.1, 0.15) is 30.0 Å². The molecule has 2 heteroatoms. The van der Waals surface area contributed by atoms with Crippen molar-refractivity contribution in [2.75, 3.05) is 18.0 Å². The number of pyridine rings is 1. The first-order valence-corrected chi connectivity index (χ1v) is 5.06. The average molecular weight is 174 g/mol. The minimum absolute atomic E-state index is 0.751. The van der Waals surface area contributed by atoms with Crippen molar-refractivity contribution >= 4 is 5.69 Å². The molecule has 0 N–H and O–H groups in total. The predicted octanol–water partition coefficient (Wildman–Crippen LogP) is 2.09. The van der Waals surface area contributed by atoms with Crippen molar-refractivity contribution in [3.05, 3.63) is 23.5 Å². The highest BCUT2D eigenvalue weighted by Crippen LogP contribution is 2.40. The number of aromatic nitrogens is 1. The van der Waals surface area contributed by atoms with Gasteiger partial charge in [-0.05, 0) is 31.4 Å². The molecule has 13 heavy (non-hydrogen) atoms. The summed E-state index contributed by atoms with van der Waals surface area (Å²) in [4.78, 5) is 7.04. The van der Waals surface area contributed by atoms with Crippen molar-refractivity contribution in [1.82, 2.24) is 4.98 Å². The SMILES string of the molecule is Cc1cnc2c(c1)N1CCC2CC1. The fourth-order valence-corrected chi connectivity index (χ4v) is 2.53. The molecule has 2 nitrogen and oxygen atoms in total. The van der Waals surface area contributed by atoms with Gasteiger partial charge in [0.15, 0.2) is 0 Å². The summed E-state index contributed by atoms with van der Waals surface area (Å²) in [5.41, 5.74) is 4.04. The molecule has 68 valence electrons. The normalized spacial score (nSPS) is 20.5. The lowest BCUT2D eigenvalue weighted by Crippen LogP contribution is -2.39. The summed E-state index contributed by atoms with van der Waals surface area (Å²) in [5, 5.41) is 0. The van der Waals surface area contributed by atoms with E-state index >= 15 is 0 Å². The summed E-state index contributed by atoms with van der Waals surface area (Å²) in [6.07, 6.45) is 4.62. The molecule has 0 atom stereocenters. The fourth-order valence-electron chi connectivity index (χ4n) is 2.53. The summed E-state index contributed by atoms with van der Waals surface area (Å²) >= 11 is 0. The van der Waals surface area contributed by atoms with Crippen LogP contribution in [0.4, 0.5) is 5.69 Å². The number of hydrogen-bond donors (Lipinski definition) is 0. The Morgan fingerprint density at radius 2 is 2.15 bits per heavy atom. The van der Waals surface area contributed by atoms with E-state index < -0.39 is 0 Å². The van der Waals surface area contributed by atoms with Crippen LogP contribution in [-0.4, -0.2) is 18.1 Å². The Hall–Kier alpha value is -1.05. The van der Waals surface area contributed by atoms with Crippen LogP contribution in [0.3, 0.4) is 0 Å². The smallest absolute Gasteiger partial charge is 0.0669 e. The number of nitrogens with zero attached hydrogens (tertiary/aromatic N) is 2. The summed E-state index contributed by atoms with van der Waals surface area (Å²) in [6.45, 7) is 4.60. The van der Waals surface area contributed by atoms with Crippen molar-refractivity contribution in [3.63, 3.8) is 0 Å². The van der Waals surface area contributed by atoms with E-state index in [1.807, 2.05) is 6.20 Å². The molecule has 0 unspecified atom stereocenters. The van der Waals surface area contributed by atoms with Gasteiger partial charge in [0.1, 0.15) is 0 Å². The molecule has 3 aliphatic rings. The zero-order valence-corrected chi connectivity index (χ0v) is 7.95. The van der Waals surface area contributed by atoms with E-state index in [1.54, 1.807) is 0 Å². The highest BCUT2D eigenvalue weighted by atomic mass is 15.2. The van der Waals surface area contributed by atoms with Crippen LogP contribution < -0.4 is 4.90 Å². The predicted molar refractivity (Wildman–Crippen MR) is 53.2 cm³/mol. The Kier molecular flexibility index (Phi) is 1.40. The number of aryl methyl sites for hydroxylation is 1. The minimum atomic E-state index is 0.751. The second-order valence-electron chi connectivity index (χ2n) is 4.18. The Balaban J connectivity index is 2.18. The van der Waals surface area contributed by atoms with Gasteiger partial charge in [-0.1, -0.05) is 0 Å². The largest absolute Gasteiger partial charge is 0.370 e. The van der Waals surface area contributed by atoms with Crippen LogP contribution in [0.25, 0.3) is 0 Å². The third-order valence-electron chi connectivity index (χ3n) is 3.26. The quantitative estimate of drug-likeness (QED) is 0.598. The van der Waals surface area contributed by atoms with Crippen molar-refractivity contribution in [1.29, 1.82) is 0 Å². The van der Waals surface area contributed by atoms with E-state index in [1.165, 1.54) is 42.9 Å². The summed E-state index contributed by atoms with van der Waals surface area (Å²) in [7, 11) is 0.